The van der Waals surface area contributed by atoms with Crippen molar-refractivity contribution in [1.29, 1.82) is 0 Å². The van der Waals surface area contributed by atoms with E-state index in [-0.39, 0.29) is 17.1 Å². The summed E-state index contributed by atoms with van der Waals surface area (Å²) < 4.78 is 8.41. The van der Waals surface area contributed by atoms with Crippen molar-refractivity contribution in [1.82, 2.24) is 4.98 Å². The molecule has 0 spiro atoms. The summed E-state index contributed by atoms with van der Waals surface area (Å²) in [5.74, 6) is 2.07. The molecule has 0 bridgehead atoms. The van der Waals surface area contributed by atoms with Crippen LogP contribution in [0.25, 0.3) is 0 Å². The minimum absolute atomic E-state index is 0.179. The number of hydrogen-bond acceptors (Lipinski definition) is 3. The number of ether oxygens (including phenoxy) is 1. The summed E-state index contributed by atoms with van der Waals surface area (Å²) in [6.07, 6.45) is 8.65. The van der Waals surface area contributed by atoms with Gasteiger partial charge in [0.2, 0.25) is 0 Å². The van der Waals surface area contributed by atoms with E-state index in [4.69, 9.17) is 38.8 Å². The SMILES string of the molecule is CC(C)[OH+]c1ccccc1[CH]=[Ru]([Cl])[Cl].CC(C)c1cccc(C(C)C)c1N1[CH-]C(C)(C)CC1(C)C.CCc1cccc(CC)c1N1[CH-]C(C)(C)CC1.[Cl][Ru]([Cl])=[CH]CCc1ccccn1. The molecule has 0 saturated carbocycles. The van der Waals surface area contributed by atoms with Crippen LogP contribution >= 0.6 is 38.8 Å². The summed E-state index contributed by atoms with van der Waals surface area (Å²) in [5, 5.41) is 0. The molecule has 6 rings (SSSR count). The molecule has 64 heavy (non-hydrogen) atoms. The van der Waals surface area contributed by atoms with Gasteiger partial charge in [0.25, 0.3) is 0 Å². The first-order chi connectivity index (χ1) is 30.0. The van der Waals surface area contributed by atoms with Crippen LogP contribution in [0.5, 0.6) is 5.75 Å². The molecule has 2 fully saturated rings. The second-order valence-electron chi connectivity index (χ2n) is 19.6. The molecular formula is C54H78Cl4N3ORu2-. The van der Waals surface area contributed by atoms with E-state index in [0.29, 0.717) is 17.3 Å². The van der Waals surface area contributed by atoms with Crippen molar-refractivity contribution in [3.63, 3.8) is 0 Å². The van der Waals surface area contributed by atoms with Gasteiger partial charge in [-0.1, -0.05) is 118 Å². The maximum absolute atomic E-state index is 5.83. The molecule has 0 aliphatic carbocycles. The summed E-state index contributed by atoms with van der Waals surface area (Å²) in [6, 6.07) is 27.4. The van der Waals surface area contributed by atoms with Crippen molar-refractivity contribution in [2.45, 2.75) is 159 Å². The third-order valence-electron chi connectivity index (χ3n) is 11.2. The molecule has 2 aliphatic rings. The number of benzene rings is 3. The molecule has 4 aromatic rings. The Morgan fingerprint density at radius 2 is 1.28 bits per heavy atom. The van der Waals surface area contributed by atoms with Crippen LogP contribution in [0, 0.1) is 23.9 Å². The molecule has 4 nitrogen and oxygen atoms in total. The minimum atomic E-state index is -1.75. The Morgan fingerprint density at radius 3 is 1.73 bits per heavy atom. The van der Waals surface area contributed by atoms with Crippen molar-refractivity contribution in [3.05, 3.63) is 132 Å². The predicted molar refractivity (Wildman–Crippen MR) is 280 cm³/mol. The quantitative estimate of drug-likeness (QED) is 0.0805. The molecule has 10 heteroatoms. The van der Waals surface area contributed by atoms with Crippen molar-refractivity contribution < 1.29 is 31.8 Å². The van der Waals surface area contributed by atoms with Gasteiger partial charge in [-0.15, -0.1) is 10.8 Å². The molecule has 1 aromatic heterocycles. The van der Waals surface area contributed by atoms with Crippen LogP contribution in [-0.4, -0.2) is 37.1 Å². The summed E-state index contributed by atoms with van der Waals surface area (Å²) >= 11 is -3.31. The van der Waals surface area contributed by atoms with E-state index < -0.39 is 27.0 Å². The van der Waals surface area contributed by atoms with Gasteiger partial charge in [0.1, 0.15) is 0 Å². The number of hydrogen-bond donors (Lipinski definition) is 0. The fourth-order valence-corrected chi connectivity index (χ4v) is 11.9. The first kappa shape index (κ1) is 56.7. The second-order valence-corrected chi connectivity index (χ2v) is 31.2. The maximum atomic E-state index is 5.83. The van der Waals surface area contributed by atoms with Gasteiger partial charge in [-0.2, -0.15) is 0 Å². The summed E-state index contributed by atoms with van der Waals surface area (Å²) in [7, 11) is 23.0. The van der Waals surface area contributed by atoms with Crippen LogP contribution in [0.2, 0.25) is 0 Å². The zero-order valence-corrected chi connectivity index (χ0v) is 47.6. The van der Waals surface area contributed by atoms with Crippen LogP contribution in [0.4, 0.5) is 11.4 Å². The molecule has 3 heterocycles. The van der Waals surface area contributed by atoms with Crippen LogP contribution in [0.3, 0.4) is 0 Å². The Hall–Kier alpha value is -1.64. The van der Waals surface area contributed by atoms with E-state index >= 15 is 0 Å². The number of pyridine rings is 1. The third kappa shape index (κ3) is 18.5. The summed E-state index contributed by atoms with van der Waals surface area (Å²) in [5.41, 5.74) is 11.8. The molecule has 360 valence electrons. The van der Waals surface area contributed by atoms with Gasteiger partial charge < -0.3 is 9.80 Å². The van der Waals surface area contributed by atoms with E-state index in [1.807, 2.05) is 65.5 Å². The number of nitrogens with zero attached hydrogens (tertiary/aromatic N) is 3. The number of anilines is 2. The topological polar surface area (TPSA) is 32.2 Å². The molecule has 3 aromatic carbocycles. The molecule has 1 N–H and O–H groups in total. The Labute approximate surface area is 416 Å². The van der Waals surface area contributed by atoms with Gasteiger partial charge in [0, 0.05) is 16.9 Å². The summed E-state index contributed by atoms with van der Waals surface area (Å²) in [4.78, 5) is 9.24. The van der Waals surface area contributed by atoms with Crippen LogP contribution < -0.4 is 9.80 Å². The fraction of sp³-hybridized carbons (Fsp3) is 0.500. The van der Waals surface area contributed by atoms with Crippen molar-refractivity contribution in [2.24, 2.45) is 10.8 Å². The Morgan fingerprint density at radius 1 is 0.703 bits per heavy atom. The molecular weight excluding hydrogens is 1050 g/mol. The normalized spacial score (nSPS) is 16.3. The molecule has 2 aliphatic heterocycles. The summed E-state index contributed by atoms with van der Waals surface area (Å²) in [6.45, 7) is 37.9. The van der Waals surface area contributed by atoms with E-state index in [1.165, 1.54) is 46.5 Å². The first-order valence-corrected chi connectivity index (χ1v) is 33.8. The third-order valence-corrected chi connectivity index (χ3v) is 15.4. The van der Waals surface area contributed by atoms with Gasteiger partial charge in [-0.25, -0.2) is 13.1 Å². The first-order valence-electron chi connectivity index (χ1n) is 22.9. The van der Waals surface area contributed by atoms with Crippen LogP contribution in [-0.2, 0) is 46.3 Å². The van der Waals surface area contributed by atoms with E-state index in [1.54, 1.807) is 6.20 Å². The van der Waals surface area contributed by atoms with Gasteiger partial charge in [-0.3, -0.25) is 0 Å². The van der Waals surface area contributed by atoms with Gasteiger partial charge in [0.05, 0.1) is 0 Å². The van der Waals surface area contributed by atoms with E-state index in [0.717, 1.165) is 49.2 Å². The van der Waals surface area contributed by atoms with Gasteiger partial charge in [0.15, 0.2) is 0 Å². The zero-order chi connectivity index (χ0) is 47.8. The number of para-hydroxylation sites is 3. The zero-order valence-electron chi connectivity index (χ0n) is 41.1. The molecule has 0 radical (unpaired) electrons. The van der Waals surface area contributed by atoms with Crippen molar-refractivity contribution in [3.8, 4) is 5.75 Å². The Kier molecular flexibility index (Phi) is 23.7. The van der Waals surface area contributed by atoms with Crippen molar-refractivity contribution in [2.75, 3.05) is 16.3 Å². The Balaban J connectivity index is 0.000000232. The van der Waals surface area contributed by atoms with Crippen LogP contribution in [0.15, 0.2) is 85.1 Å². The fourth-order valence-electron chi connectivity index (χ4n) is 8.52. The number of rotatable bonds is 12. The van der Waals surface area contributed by atoms with E-state index in [9.17, 15) is 0 Å². The average molecular weight is 1130 g/mol. The number of aromatic nitrogens is 1. The Bertz CT molecular complexity index is 2040. The van der Waals surface area contributed by atoms with Crippen molar-refractivity contribution >= 4 is 59.4 Å². The molecule has 2 saturated heterocycles. The number of aliphatic hydroxyl groups is 1. The molecule has 0 atom stereocenters. The van der Waals surface area contributed by atoms with Gasteiger partial charge >= 0.3 is 183 Å². The number of aromatic hydroxyl groups is 1. The monoisotopic (exact) mass is 1130 g/mol. The van der Waals surface area contributed by atoms with Crippen LogP contribution in [0.1, 0.15) is 162 Å². The number of aryl methyl sites for hydroxylation is 3. The standard InChI is InChI=1S/C20H32N.C16H24N.C10H12O.C8H9N.4ClH.2Ru/c1-14(2)16-10-9-11-17(15(3)4)18(16)21-13-19(5,6)12-20(21,7)8;1-5-13-8-7-9-14(6-2)15(13)17-11-10-16(3,4)12-17;1-8(2)11-10-7-5-4-6-9(10)3;1-2-5-8-6-3-4-7-9-8;;;;;;/h9-11,13-15H,12H2,1-8H3;7-9,12H,5-6,10-11H2,1-4H3;3-8H,1-2H3;1,3-4,6-7H,2,5H2;4*1H;;/q2*-1;;;;;;;2*+2/p-3. The molecule has 0 unspecified atom stereocenters. The number of halogens is 4. The molecule has 0 amide bonds. The average Bonchev–Trinajstić information content (AvgIpc) is 3.70. The van der Waals surface area contributed by atoms with E-state index in [2.05, 4.69) is 152 Å². The van der Waals surface area contributed by atoms with Gasteiger partial charge in [-0.05, 0) is 67.3 Å². The second kappa shape index (κ2) is 26.8. The predicted octanol–water partition coefficient (Wildman–Crippen LogP) is 16.5.